The van der Waals surface area contributed by atoms with Crippen LogP contribution in [0.15, 0.2) is 48.8 Å². The first-order chi connectivity index (χ1) is 13.3. The number of carbonyl (C=O) groups excluding carboxylic acids is 1. The summed E-state index contributed by atoms with van der Waals surface area (Å²) in [6.07, 6.45) is 1.25. The number of aryl methyl sites for hydroxylation is 2. The molecule has 1 heterocycles. The summed E-state index contributed by atoms with van der Waals surface area (Å²) >= 11 is 0. The van der Waals surface area contributed by atoms with Crippen molar-refractivity contribution in [1.29, 1.82) is 0 Å². The largest absolute Gasteiger partial charge is 0.353 e. The molecule has 0 unspecified atom stereocenters. The minimum atomic E-state index is -0.532. The van der Waals surface area contributed by atoms with Gasteiger partial charge in [-0.05, 0) is 68.3 Å². The first kappa shape index (κ1) is 19.0. The summed E-state index contributed by atoms with van der Waals surface area (Å²) in [6.45, 7) is 5.43. The standard InChI is InChI=1S/C20H19N5O3/c1-12-4-7-17(10-13(12)2)24-20-18(25(27)28)19(21-11-22-20)23-16-8-5-15(6-9-16)14(3)26/h4-11H,1-3H3,(H2,21,22,23,24). The summed E-state index contributed by atoms with van der Waals surface area (Å²) in [4.78, 5) is 30.6. The van der Waals surface area contributed by atoms with Gasteiger partial charge in [-0.1, -0.05) is 6.07 Å². The summed E-state index contributed by atoms with van der Waals surface area (Å²) in [7, 11) is 0. The van der Waals surface area contributed by atoms with E-state index in [4.69, 9.17) is 0 Å². The van der Waals surface area contributed by atoms with Crippen molar-refractivity contribution < 1.29 is 9.72 Å². The lowest BCUT2D eigenvalue weighted by Gasteiger charge is -2.11. The second-order valence-electron chi connectivity index (χ2n) is 6.36. The van der Waals surface area contributed by atoms with Crippen LogP contribution < -0.4 is 10.6 Å². The van der Waals surface area contributed by atoms with Gasteiger partial charge in [0, 0.05) is 16.9 Å². The van der Waals surface area contributed by atoms with Crippen molar-refractivity contribution in [3.63, 3.8) is 0 Å². The first-order valence-electron chi connectivity index (χ1n) is 8.57. The molecule has 0 radical (unpaired) electrons. The van der Waals surface area contributed by atoms with Crippen LogP contribution in [0.25, 0.3) is 0 Å². The molecule has 0 aliphatic carbocycles. The van der Waals surface area contributed by atoms with Crippen molar-refractivity contribution in [3.05, 3.63) is 75.6 Å². The van der Waals surface area contributed by atoms with Crippen molar-refractivity contribution in [2.24, 2.45) is 0 Å². The van der Waals surface area contributed by atoms with Gasteiger partial charge in [0.25, 0.3) is 0 Å². The third-order valence-corrected chi connectivity index (χ3v) is 4.33. The number of rotatable bonds is 6. The molecule has 0 saturated carbocycles. The Morgan fingerprint density at radius 2 is 1.50 bits per heavy atom. The summed E-state index contributed by atoms with van der Waals surface area (Å²) in [5.74, 6) is 0.0902. The zero-order chi connectivity index (χ0) is 20.3. The summed E-state index contributed by atoms with van der Waals surface area (Å²) < 4.78 is 0. The number of nitrogens with zero attached hydrogens (tertiary/aromatic N) is 3. The molecular formula is C20H19N5O3. The number of benzene rings is 2. The number of nitrogens with one attached hydrogen (secondary N) is 2. The minimum absolute atomic E-state index is 0.0561. The maximum atomic E-state index is 11.7. The Morgan fingerprint density at radius 1 is 0.929 bits per heavy atom. The van der Waals surface area contributed by atoms with Gasteiger partial charge in [-0.25, -0.2) is 9.97 Å². The lowest BCUT2D eigenvalue weighted by Crippen LogP contribution is -2.06. The molecule has 0 saturated heterocycles. The van der Waals surface area contributed by atoms with E-state index in [-0.39, 0.29) is 23.1 Å². The zero-order valence-corrected chi connectivity index (χ0v) is 15.7. The normalized spacial score (nSPS) is 10.4. The van der Waals surface area contributed by atoms with Crippen LogP contribution in [-0.2, 0) is 0 Å². The molecule has 8 nitrogen and oxygen atoms in total. The molecule has 1 aromatic heterocycles. The van der Waals surface area contributed by atoms with Gasteiger partial charge in [0.05, 0.1) is 4.92 Å². The second kappa shape index (κ2) is 7.83. The summed E-state index contributed by atoms with van der Waals surface area (Å²) in [6, 6.07) is 12.3. The molecule has 28 heavy (non-hydrogen) atoms. The number of aromatic nitrogens is 2. The molecule has 142 valence electrons. The lowest BCUT2D eigenvalue weighted by molar-refractivity contribution is -0.383. The molecule has 0 atom stereocenters. The van der Waals surface area contributed by atoms with E-state index in [1.54, 1.807) is 24.3 Å². The average Bonchev–Trinajstić information content (AvgIpc) is 2.65. The van der Waals surface area contributed by atoms with E-state index >= 15 is 0 Å². The van der Waals surface area contributed by atoms with Crippen LogP contribution >= 0.6 is 0 Å². The molecule has 0 aliphatic rings. The Kier molecular flexibility index (Phi) is 5.30. The number of nitro groups is 1. The van der Waals surface area contributed by atoms with Crippen LogP contribution in [0.3, 0.4) is 0 Å². The molecule has 0 aliphatic heterocycles. The highest BCUT2D eigenvalue weighted by molar-refractivity contribution is 5.94. The Morgan fingerprint density at radius 3 is 2.04 bits per heavy atom. The van der Waals surface area contributed by atoms with Gasteiger partial charge in [0.15, 0.2) is 5.78 Å². The molecule has 3 rings (SSSR count). The number of hydrogen-bond acceptors (Lipinski definition) is 7. The number of anilines is 4. The van der Waals surface area contributed by atoms with E-state index < -0.39 is 4.92 Å². The maximum Gasteiger partial charge on any atom is 0.353 e. The van der Waals surface area contributed by atoms with Crippen LogP contribution in [0, 0.1) is 24.0 Å². The van der Waals surface area contributed by atoms with Gasteiger partial charge in [0.2, 0.25) is 11.6 Å². The van der Waals surface area contributed by atoms with Gasteiger partial charge in [-0.15, -0.1) is 0 Å². The fourth-order valence-electron chi connectivity index (χ4n) is 2.62. The number of Topliss-reactive ketones (excluding diaryl/α,β-unsaturated/α-hetero) is 1. The molecule has 2 N–H and O–H groups in total. The molecule has 0 spiro atoms. The van der Waals surface area contributed by atoms with Crippen molar-refractivity contribution >= 4 is 34.5 Å². The van der Waals surface area contributed by atoms with Gasteiger partial charge < -0.3 is 10.6 Å². The van der Waals surface area contributed by atoms with Crippen LogP contribution in [0.1, 0.15) is 28.4 Å². The number of carbonyl (C=O) groups is 1. The van der Waals surface area contributed by atoms with Crippen molar-refractivity contribution in [2.75, 3.05) is 10.6 Å². The van der Waals surface area contributed by atoms with Gasteiger partial charge in [0.1, 0.15) is 6.33 Å². The average molecular weight is 377 g/mol. The monoisotopic (exact) mass is 377 g/mol. The zero-order valence-electron chi connectivity index (χ0n) is 15.7. The fraction of sp³-hybridized carbons (Fsp3) is 0.150. The molecular weight excluding hydrogens is 358 g/mol. The third-order valence-electron chi connectivity index (χ3n) is 4.33. The topological polar surface area (TPSA) is 110 Å². The lowest BCUT2D eigenvalue weighted by atomic mass is 10.1. The van der Waals surface area contributed by atoms with Crippen LogP contribution in [0.5, 0.6) is 0 Å². The van der Waals surface area contributed by atoms with E-state index in [9.17, 15) is 14.9 Å². The summed E-state index contributed by atoms with van der Waals surface area (Å²) in [5.41, 5.74) is 3.74. The van der Waals surface area contributed by atoms with Crippen molar-refractivity contribution in [3.8, 4) is 0 Å². The Bertz CT molecular complexity index is 1050. The predicted molar refractivity (Wildman–Crippen MR) is 108 cm³/mol. The van der Waals surface area contributed by atoms with E-state index in [1.807, 2.05) is 32.0 Å². The first-order valence-corrected chi connectivity index (χ1v) is 8.57. The van der Waals surface area contributed by atoms with Crippen molar-refractivity contribution in [1.82, 2.24) is 9.97 Å². The molecule has 8 heteroatoms. The highest BCUT2D eigenvalue weighted by Gasteiger charge is 2.23. The third kappa shape index (κ3) is 4.12. The Labute approximate surface area is 161 Å². The van der Waals surface area contributed by atoms with Gasteiger partial charge in [-0.2, -0.15) is 0 Å². The SMILES string of the molecule is CC(=O)c1ccc(Nc2ncnc(Nc3ccc(C)c(C)c3)c2[N+](=O)[O-])cc1. The molecule has 3 aromatic rings. The predicted octanol–water partition coefficient (Wildman–Crippen LogP) is 4.69. The van der Waals surface area contributed by atoms with E-state index in [0.717, 1.165) is 11.1 Å². The van der Waals surface area contributed by atoms with E-state index in [1.165, 1.54) is 13.3 Å². The molecule has 0 fully saturated rings. The van der Waals surface area contributed by atoms with Gasteiger partial charge >= 0.3 is 5.69 Å². The Balaban J connectivity index is 1.93. The number of ketones is 1. The molecule has 0 bridgehead atoms. The van der Waals surface area contributed by atoms with Crippen LogP contribution in [-0.4, -0.2) is 20.7 Å². The van der Waals surface area contributed by atoms with E-state index in [0.29, 0.717) is 16.9 Å². The highest BCUT2D eigenvalue weighted by atomic mass is 16.6. The number of hydrogen-bond donors (Lipinski definition) is 2. The van der Waals surface area contributed by atoms with Crippen molar-refractivity contribution in [2.45, 2.75) is 20.8 Å². The summed E-state index contributed by atoms with van der Waals surface area (Å²) in [5, 5.41) is 17.6. The smallest absolute Gasteiger partial charge is 0.334 e. The fourth-order valence-corrected chi connectivity index (χ4v) is 2.62. The van der Waals surface area contributed by atoms with E-state index in [2.05, 4.69) is 20.6 Å². The van der Waals surface area contributed by atoms with Gasteiger partial charge in [-0.3, -0.25) is 14.9 Å². The minimum Gasteiger partial charge on any atom is -0.334 e. The van der Waals surface area contributed by atoms with Crippen LogP contribution in [0.2, 0.25) is 0 Å². The molecule has 0 amide bonds. The van der Waals surface area contributed by atoms with Crippen LogP contribution in [0.4, 0.5) is 28.7 Å². The maximum absolute atomic E-state index is 11.7. The Hall–Kier alpha value is -3.81. The second-order valence-corrected chi connectivity index (χ2v) is 6.36. The molecule has 2 aromatic carbocycles. The highest BCUT2D eigenvalue weighted by Crippen LogP contribution is 2.33. The quantitative estimate of drug-likeness (QED) is 0.364.